The largest absolute Gasteiger partial charge is 0.458 e. The third kappa shape index (κ3) is 7.27. The predicted molar refractivity (Wildman–Crippen MR) is 121 cm³/mol. The van der Waals surface area contributed by atoms with Crippen LogP contribution in [0.1, 0.15) is 39.5 Å². The van der Waals surface area contributed by atoms with Gasteiger partial charge in [-0.1, -0.05) is 30.4 Å². The minimum absolute atomic E-state index is 0.0438. The maximum absolute atomic E-state index is 13.0. The summed E-state index contributed by atoms with van der Waals surface area (Å²) in [6.07, 6.45) is 5.83. The standard InChI is InChI=1S/C25H32O8/c1-15-6-5-7-16(2)13-21(22-18(4)24(29)32-20(22)12-15)33-25(30)19(9-11-27)14-31-23(28)17(3)8-10-26/h7,9,12,20-22,26-27H,3-6,8,10-11,13-14H2,1-2H3/b15-12+,16-7+,19-9+/t20-,21-,22+/m1/s1. The molecule has 0 unspecified atom stereocenters. The number of rotatable bonds is 8. The van der Waals surface area contributed by atoms with Crippen LogP contribution in [0.2, 0.25) is 0 Å². The van der Waals surface area contributed by atoms with Crippen LogP contribution in [0.3, 0.4) is 0 Å². The van der Waals surface area contributed by atoms with Gasteiger partial charge in [0, 0.05) is 30.6 Å². The van der Waals surface area contributed by atoms with Crippen LogP contribution in [0.15, 0.2) is 59.3 Å². The first kappa shape index (κ1) is 26.3. The molecule has 8 heteroatoms. The van der Waals surface area contributed by atoms with E-state index in [0.29, 0.717) is 6.42 Å². The molecule has 0 amide bonds. The highest BCUT2D eigenvalue weighted by Gasteiger charge is 2.44. The minimum atomic E-state index is -0.786. The van der Waals surface area contributed by atoms with E-state index in [4.69, 9.17) is 19.3 Å². The van der Waals surface area contributed by atoms with Gasteiger partial charge < -0.3 is 24.4 Å². The molecule has 0 aromatic heterocycles. The van der Waals surface area contributed by atoms with Crippen molar-refractivity contribution >= 4 is 17.9 Å². The molecule has 3 atom stereocenters. The molecular formula is C25H32O8. The maximum atomic E-state index is 13.0. The Morgan fingerprint density at radius 2 is 1.97 bits per heavy atom. The quantitative estimate of drug-likeness (QED) is 0.245. The number of allylic oxidation sites excluding steroid dienone is 2. The van der Waals surface area contributed by atoms with Gasteiger partial charge in [0.1, 0.15) is 18.8 Å². The molecule has 180 valence electrons. The number of aliphatic hydroxyl groups excluding tert-OH is 2. The van der Waals surface area contributed by atoms with E-state index in [0.717, 1.165) is 24.0 Å². The zero-order valence-corrected chi connectivity index (χ0v) is 19.2. The summed E-state index contributed by atoms with van der Waals surface area (Å²) >= 11 is 0. The van der Waals surface area contributed by atoms with Crippen LogP contribution in [-0.4, -0.2) is 60.1 Å². The summed E-state index contributed by atoms with van der Waals surface area (Å²) in [7, 11) is 0. The molecule has 2 aliphatic rings. The molecule has 0 aromatic rings. The molecule has 2 N–H and O–H groups in total. The van der Waals surface area contributed by atoms with Crippen LogP contribution >= 0.6 is 0 Å². The van der Waals surface area contributed by atoms with Crippen LogP contribution in [0.5, 0.6) is 0 Å². The van der Waals surface area contributed by atoms with E-state index >= 15 is 0 Å². The molecule has 1 saturated heterocycles. The first-order valence-electron chi connectivity index (χ1n) is 10.9. The second-order valence-corrected chi connectivity index (χ2v) is 8.24. The average molecular weight is 461 g/mol. The molecule has 1 heterocycles. The summed E-state index contributed by atoms with van der Waals surface area (Å²) in [6, 6.07) is 0. The first-order valence-corrected chi connectivity index (χ1v) is 10.9. The highest BCUT2D eigenvalue weighted by molar-refractivity contribution is 5.93. The van der Waals surface area contributed by atoms with Gasteiger partial charge in [-0.2, -0.15) is 0 Å². The Balaban J connectivity index is 2.24. The van der Waals surface area contributed by atoms with Gasteiger partial charge in [-0.3, -0.25) is 0 Å². The molecule has 0 bridgehead atoms. The Morgan fingerprint density at radius 3 is 2.64 bits per heavy atom. The Bertz CT molecular complexity index is 892. The lowest BCUT2D eigenvalue weighted by Crippen LogP contribution is -2.34. The Hall–Kier alpha value is -2.97. The number of esters is 3. The summed E-state index contributed by atoms with van der Waals surface area (Å²) in [5.41, 5.74) is 2.28. The van der Waals surface area contributed by atoms with Gasteiger partial charge in [0.2, 0.25) is 0 Å². The summed E-state index contributed by atoms with van der Waals surface area (Å²) in [5.74, 6) is -2.65. The van der Waals surface area contributed by atoms with E-state index < -0.39 is 49.2 Å². The van der Waals surface area contributed by atoms with Gasteiger partial charge in [0.25, 0.3) is 0 Å². The average Bonchev–Trinajstić information content (AvgIpc) is 3.02. The molecule has 0 radical (unpaired) electrons. The summed E-state index contributed by atoms with van der Waals surface area (Å²) in [4.78, 5) is 37.2. The van der Waals surface area contributed by atoms with E-state index in [9.17, 15) is 19.5 Å². The van der Waals surface area contributed by atoms with Crippen LogP contribution in [-0.2, 0) is 28.6 Å². The molecule has 1 fully saturated rings. The lowest BCUT2D eigenvalue weighted by atomic mass is 9.85. The van der Waals surface area contributed by atoms with E-state index in [-0.39, 0.29) is 29.7 Å². The predicted octanol–water partition coefficient (Wildman–Crippen LogP) is 2.47. The van der Waals surface area contributed by atoms with Crippen molar-refractivity contribution in [2.24, 2.45) is 5.92 Å². The fraction of sp³-hybridized carbons (Fsp3) is 0.480. The summed E-state index contributed by atoms with van der Waals surface area (Å²) < 4.78 is 16.3. The van der Waals surface area contributed by atoms with E-state index in [1.165, 1.54) is 6.08 Å². The third-order valence-corrected chi connectivity index (χ3v) is 5.58. The third-order valence-electron chi connectivity index (χ3n) is 5.58. The lowest BCUT2D eigenvalue weighted by Gasteiger charge is -2.27. The normalized spacial score (nSPS) is 26.8. The van der Waals surface area contributed by atoms with Crippen molar-refractivity contribution in [3.05, 3.63) is 59.3 Å². The highest BCUT2D eigenvalue weighted by Crippen LogP contribution is 2.36. The van der Waals surface area contributed by atoms with Crippen molar-refractivity contribution in [3.63, 3.8) is 0 Å². The highest BCUT2D eigenvalue weighted by atomic mass is 16.6. The SMILES string of the molecule is C=C(CCO)C(=O)OC/C(=C\CO)C(=O)O[C@@H]1C/C(C)=C/CC/C(C)=C/[C@H]2OC(=O)C(=C)[C@@H]21. The molecule has 0 saturated carbocycles. The second kappa shape index (κ2) is 12.3. The summed E-state index contributed by atoms with van der Waals surface area (Å²) in [5, 5.41) is 18.2. The van der Waals surface area contributed by atoms with Gasteiger partial charge in [0.05, 0.1) is 18.1 Å². The number of hydrogen-bond donors (Lipinski definition) is 2. The van der Waals surface area contributed by atoms with Crippen molar-refractivity contribution < 1.29 is 38.8 Å². The summed E-state index contributed by atoms with van der Waals surface area (Å²) in [6.45, 7) is 10.1. The van der Waals surface area contributed by atoms with Crippen molar-refractivity contribution in [3.8, 4) is 0 Å². The topological polar surface area (TPSA) is 119 Å². The monoisotopic (exact) mass is 460 g/mol. The van der Waals surface area contributed by atoms with Crippen LogP contribution in [0.25, 0.3) is 0 Å². The fourth-order valence-corrected chi connectivity index (χ4v) is 3.74. The number of ether oxygens (including phenoxy) is 3. The number of aliphatic hydroxyl groups is 2. The van der Waals surface area contributed by atoms with Crippen molar-refractivity contribution in [1.82, 2.24) is 0 Å². The van der Waals surface area contributed by atoms with E-state index in [2.05, 4.69) is 19.2 Å². The van der Waals surface area contributed by atoms with Crippen molar-refractivity contribution in [2.75, 3.05) is 19.8 Å². The van der Waals surface area contributed by atoms with E-state index in [1.54, 1.807) is 0 Å². The second-order valence-electron chi connectivity index (χ2n) is 8.24. The zero-order chi connectivity index (χ0) is 24.5. The smallest absolute Gasteiger partial charge is 0.337 e. The number of carbonyl (C=O) groups excluding carboxylic acids is 3. The molecule has 0 spiro atoms. The number of hydrogen-bond acceptors (Lipinski definition) is 8. The van der Waals surface area contributed by atoms with Crippen LogP contribution in [0.4, 0.5) is 0 Å². The van der Waals surface area contributed by atoms with Crippen molar-refractivity contribution in [1.29, 1.82) is 0 Å². The fourth-order valence-electron chi connectivity index (χ4n) is 3.74. The Labute approximate surface area is 193 Å². The van der Waals surface area contributed by atoms with Crippen molar-refractivity contribution in [2.45, 2.75) is 51.7 Å². The van der Waals surface area contributed by atoms with Crippen LogP contribution < -0.4 is 0 Å². The molecule has 0 aromatic carbocycles. The number of fused-ring (bicyclic) bond motifs is 1. The Morgan fingerprint density at radius 1 is 1.24 bits per heavy atom. The molecule has 1 aliphatic heterocycles. The molecular weight excluding hydrogens is 428 g/mol. The van der Waals surface area contributed by atoms with Gasteiger partial charge in [0.15, 0.2) is 0 Å². The molecule has 33 heavy (non-hydrogen) atoms. The van der Waals surface area contributed by atoms with Gasteiger partial charge in [-0.15, -0.1) is 0 Å². The number of carbonyl (C=O) groups is 3. The molecule has 1 aliphatic carbocycles. The van der Waals surface area contributed by atoms with Gasteiger partial charge in [-0.05, 0) is 38.8 Å². The zero-order valence-electron chi connectivity index (χ0n) is 19.2. The molecule has 8 nitrogen and oxygen atoms in total. The van der Waals surface area contributed by atoms with Gasteiger partial charge >= 0.3 is 17.9 Å². The van der Waals surface area contributed by atoms with E-state index in [1.807, 2.05) is 19.9 Å². The molecule has 2 rings (SSSR count). The lowest BCUT2D eigenvalue weighted by molar-refractivity contribution is -0.148. The van der Waals surface area contributed by atoms with Gasteiger partial charge in [-0.25, -0.2) is 14.4 Å². The first-order chi connectivity index (χ1) is 15.7. The maximum Gasteiger partial charge on any atom is 0.337 e. The Kier molecular flexibility index (Phi) is 9.81. The van der Waals surface area contributed by atoms with Crippen LogP contribution in [0, 0.1) is 5.92 Å². The minimum Gasteiger partial charge on any atom is -0.458 e.